The van der Waals surface area contributed by atoms with E-state index < -0.39 is 0 Å². The number of unbranched alkanes of at least 4 members (excludes halogenated alkanes) is 2. The fourth-order valence-corrected chi connectivity index (χ4v) is 6.24. The Kier molecular flexibility index (Phi) is 7.42. The van der Waals surface area contributed by atoms with E-state index >= 15 is 0 Å². The van der Waals surface area contributed by atoms with Crippen LogP contribution < -0.4 is 0 Å². The monoisotopic (exact) mass is 352 g/mol. The number of rotatable bonds is 6. The highest BCUT2D eigenvalue weighted by Crippen LogP contribution is 2.54. The van der Waals surface area contributed by atoms with E-state index in [1.165, 1.54) is 51.4 Å². The van der Waals surface area contributed by atoms with Crippen LogP contribution in [0, 0.1) is 40.9 Å². The highest BCUT2D eigenvalue weighted by molar-refractivity contribution is 4.98. The summed E-state index contributed by atoms with van der Waals surface area (Å²) in [6.45, 7) is 13.8. The molecule has 2 N–H and O–H groups in total. The van der Waals surface area contributed by atoms with Gasteiger partial charge in [0.1, 0.15) is 0 Å². The molecule has 2 rings (SSSR count). The molecule has 2 heteroatoms. The van der Waals surface area contributed by atoms with Gasteiger partial charge in [-0.05, 0) is 73.0 Å². The molecule has 0 heterocycles. The first kappa shape index (κ1) is 21.2. The number of hydrogen-bond donors (Lipinski definition) is 2. The third-order valence-corrected chi connectivity index (χ3v) is 8.14. The van der Waals surface area contributed by atoms with Gasteiger partial charge < -0.3 is 10.2 Å². The average Bonchev–Trinajstić information content (AvgIpc) is 2.56. The summed E-state index contributed by atoms with van der Waals surface area (Å²) in [4.78, 5) is 0. The Morgan fingerprint density at radius 2 is 1.08 bits per heavy atom. The van der Waals surface area contributed by atoms with Gasteiger partial charge in [-0.15, -0.1) is 0 Å². The van der Waals surface area contributed by atoms with Crippen LogP contribution in [0.25, 0.3) is 0 Å². The molecule has 0 aromatic carbocycles. The van der Waals surface area contributed by atoms with Crippen LogP contribution in [-0.4, -0.2) is 22.4 Å². The van der Waals surface area contributed by atoms with Crippen LogP contribution in [0.3, 0.4) is 0 Å². The summed E-state index contributed by atoms with van der Waals surface area (Å²) >= 11 is 0. The highest BCUT2D eigenvalue weighted by atomic mass is 16.3. The Morgan fingerprint density at radius 1 is 0.720 bits per heavy atom. The first-order valence-corrected chi connectivity index (χ1v) is 11.1. The molecule has 2 nitrogen and oxygen atoms in total. The van der Waals surface area contributed by atoms with Crippen molar-refractivity contribution in [2.24, 2.45) is 40.9 Å². The third kappa shape index (κ3) is 4.61. The summed E-state index contributed by atoms with van der Waals surface area (Å²) in [6, 6.07) is 0. The van der Waals surface area contributed by atoms with E-state index in [0.29, 0.717) is 29.1 Å². The van der Waals surface area contributed by atoms with Gasteiger partial charge in [0.15, 0.2) is 0 Å². The molecule has 2 aliphatic carbocycles. The van der Waals surface area contributed by atoms with E-state index in [9.17, 15) is 10.2 Å². The van der Waals surface area contributed by atoms with E-state index in [2.05, 4.69) is 41.5 Å². The van der Waals surface area contributed by atoms with Crippen molar-refractivity contribution in [3.63, 3.8) is 0 Å². The highest BCUT2D eigenvalue weighted by Gasteiger charge is 2.48. The van der Waals surface area contributed by atoms with Gasteiger partial charge in [0, 0.05) is 0 Å². The van der Waals surface area contributed by atoms with Crippen molar-refractivity contribution in [1.82, 2.24) is 0 Å². The lowest BCUT2D eigenvalue weighted by atomic mass is 9.53. The number of aliphatic hydroxyl groups excluding tert-OH is 2. The van der Waals surface area contributed by atoms with Crippen molar-refractivity contribution in [3.05, 3.63) is 0 Å². The molecule has 0 bridgehead atoms. The molecule has 2 saturated carbocycles. The maximum absolute atomic E-state index is 10.4. The van der Waals surface area contributed by atoms with Crippen LogP contribution in [0.2, 0.25) is 0 Å². The zero-order chi connectivity index (χ0) is 18.8. The van der Waals surface area contributed by atoms with Crippen molar-refractivity contribution < 1.29 is 10.2 Å². The summed E-state index contributed by atoms with van der Waals surface area (Å²) in [7, 11) is 0. The molecular weight excluding hydrogens is 308 g/mol. The predicted molar refractivity (Wildman–Crippen MR) is 106 cm³/mol. The minimum Gasteiger partial charge on any atom is -0.393 e. The molecule has 0 aromatic rings. The van der Waals surface area contributed by atoms with E-state index in [-0.39, 0.29) is 12.2 Å². The summed E-state index contributed by atoms with van der Waals surface area (Å²) in [5.74, 6) is 3.12. The van der Waals surface area contributed by atoms with Gasteiger partial charge in [-0.25, -0.2) is 0 Å². The summed E-state index contributed by atoms with van der Waals surface area (Å²) in [6.07, 6.45) is 9.72. The minimum atomic E-state index is -0.123. The van der Waals surface area contributed by atoms with Crippen molar-refractivity contribution >= 4 is 0 Å². The Bertz CT molecular complexity index is 353. The molecule has 148 valence electrons. The molecule has 4 atom stereocenters. The van der Waals surface area contributed by atoms with Crippen molar-refractivity contribution in [3.8, 4) is 0 Å². The quantitative estimate of drug-likeness (QED) is 0.606. The lowest BCUT2D eigenvalue weighted by Gasteiger charge is -2.53. The molecule has 0 spiro atoms. The van der Waals surface area contributed by atoms with Crippen LogP contribution >= 0.6 is 0 Å². The number of aliphatic hydroxyl groups is 2. The van der Waals surface area contributed by atoms with Gasteiger partial charge in [-0.1, -0.05) is 60.8 Å². The van der Waals surface area contributed by atoms with E-state index in [0.717, 1.165) is 11.8 Å². The minimum absolute atomic E-state index is 0.123. The molecule has 0 amide bonds. The van der Waals surface area contributed by atoms with Crippen molar-refractivity contribution in [2.45, 2.75) is 105 Å². The second kappa shape index (κ2) is 8.74. The molecule has 0 aromatic heterocycles. The molecular formula is C23H44O2. The second-order valence-electron chi connectivity index (χ2n) is 10.2. The largest absolute Gasteiger partial charge is 0.393 e. The van der Waals surface area contributed by atoms with Gasteiger partial charge in [0.2, 0.25) is 0 Å². The zero-order valence-corrected chi connectivity index (χ0v) is 17.7. The maximum Gasteiger partial charge on any atom is 0.0591 e. The topological polar surface area (TPSA) is 40.5 Å². The molecule has 2 aliphatic rings. The molecule has 2 fully saturated rings. The van der Waals surface area contributed by atoms with E-state index in [4.69, 9.17) is 0 Å². The van der Waals surface area contributed by atoms with Gasteiger partial charge in [0.05, 0.1) is 12.2 Å². The average molecular weight is 353 g/mol. The van der Waals surface area contributed by atoms with Gasteiger partial charge in [-0.3, -0.25) is 0 Å². The number of hydrogen-bond acceptors (Lipinski definition) is 2. The summed E-state index contributed by atoms with van der Waals surface area (Å²) in [5.41, 5.74) is 0.362. The van der Waals surface area contributed by atoms with Crippen LogP contribution in [0.15, 0.2) is 0 Å². The molecule has 0 saturated heterocycles. The Morgan fingerprint density at radius 3 is 1.40 bits per heavy atom. The van der Waals surface area contributed by atoms with Crippen LogP contribution in [0.5, 0.6) is 0 Å². The first-order chi connectivity index (χ1) is 11.7. The van der Waals surface area contributed by atoms with E-state index in [1.807, 2.05) is 0 Å². The van der Waals surface area contributed by atoms with E-state index in [1.54, 1.807) is 0 Å². The SMILES string of the molecule is CCCCCC(C)(C1CC(C)C(O)C(C)C1)C1CC(C)C(O)C(C)C1. The van der Waals surface area contributed by atoms with Gasteiger partial charge in [-0.2, -0.15) is 0 Å². The molecule has 0 aliphatic heterocycles. The first-order valence-electron chi connectivity index (χ1n) is 11.1. The molecule has 25 heavy (non-hydrogen) atoms. The van der Waals surface area contributed by atoms with Crippen LogP contribution in [0.1, 0.15) is 92.9 Å². The Balaban J connectivity index is 2.21. The summed E-state index contributed by atoms with van der Waals surface area (Å²) < 4.78 is 0. The fourth-order valence-electron chi connectivity index (χ4n) is 6.24. The standard InChI is InChI=1S/C23H44O2/c1-7-8-9-10-23(6,19-11-15(2)21(24)16(3)12-19)20-13-17(4)22(25)18(5)14-20/h15-22,24-25H,7-14H2,1-6H3. The van der Waals surface area contributed by atoms with Gasteiger partial charge in [0.25, 0.3) is 0 Å². The Labute approximate surface area is 156 Å². The predicted octanol–water partition coefficient (Wildman–Crippen LogP) is 5.66. The second-order valence-corrected chi connectivity index (χ2v) is 10.2. The van der Waals surface area contributed by atoms with Crippen LogP contribution in [-0.2, 0) is 0 Å². The molecule has 4 unspecified atom stereocenters. The molecule has 0 radical (unpaired) electrons. The normalized spacial score (nSPS) is 45.1. The lowest BCUT2D eigenvalue weighted by molar-refractivity contribution is -0.0790. The third-order valence-electron chi connectivity index (χ3n) is 8.14. The fraction of sp³-hybridized carbons (Fsp3) is 1.00. The maximum atomic E-state index is 10.4. The summed E-state index contributed by atoms with van der Waals surface area (Å²) in [5, 5.41) is 20.9. The zero-order valence-electron chi connectivity index (χ0n) is 17.7. The lowest BCUT2D eigenvalue weighted by Crippen LogP contribution is -2.47. The smallest absolute Gasteiger partial charge is 0.0591 e. The van der Waals surface area contributed by atoms with Crippen molar-refractivity contribution in [2.75, 3.05) is 0 Å². The van der Waals surface area contributed by atoms with Crippen LogP contribution in [0.4, 0.5) is 0 Å². The van der Waals surface area contributed by atoms with Gasteiger partial charge >= 0.3 is 0 Å². The van der Waals surface area contributed by atoms with Crippen molar-refractivity contribution in [1.29, 1.82) is 0 Å². The Hall–Kier alpha value is -0.0800.